The first kappa shape index (κ1) is 12.7. The van der Waals surface area contributed by atoms with Crippen LogP contribution in [0, 0.1) is 0 Å². The normalized spacial score (nSPS) is 13.6. The first-order valence-electron chi connectivity index (χ1n) is 5.34. The molecule has 5 heteroatoms. The molecule has 2 nitrogen and oxygen atoms in total. The van der Waals surface area contributed by atoms with Gasteiger partial charge in [0.2, 0.25) is 0 Å². The Labute approximate surface area is 102 Å². The first-order chi connectivity index (χ1) is 8.39. The summed E-state index contributed by atoms with van der Waals surface area (Å²) in [4.78, 5) is 0. The zero-order valence-electron chi connectivity index (χ0n) is 9.53. The number of hydrogen-bond acceptors (Lipinski definition) is 2. The summed E-state index contributed by atoms with van der Waals surface area (Å²) >= 11 is 0. The molecule has 18 heavy (non-hydrogen) atoms. The van der Waals surface area contributed by atoms with E-state index in [1.807, 2.05) is 0 Å². The Morgan fingerprint density at radius 1 is 1.11 bits per heavy atom. The van der Waals surface area contributed by atoms with Gasteiger partial charge < -0.3 is 9.52 Å². The Kier molecular flexibility index (Phi) is 3.17. The van der Waals surface area contributed by atoms with Gasteiger partial charge in [-0.3, -0.25) is 0 Å². The highest BCUT2D eigenvalue weighted by atomic mass is 19.4. The van der Waals surface area contributed by atoms with Crippen LogP contribution in [0.5, 0.6) is 0 Å². The zero-order chi connectivity index (χ0) is 13.3. The predicted octanol–water partition coefficient (Wildman–Crippen LogP) is 4.02. The second-order valence-electron chi connectivity index (χ2n) is 3.92. The molecule has 0 aliphatic rings. The number of aliphatic hydroxyl groups is 1. The van der Waals surface area contributed by atoms with E-state index in [0.29, 0.717) is 0 Å². The lowest BCUT2D eigenvalue weighted by atomic mass is 10.1. The fourth-order valence-corrected chi connectivity index (χ4v) is 1.67. The Morgan fingerprint density at radius 2 is 1.78 bits per heavy atom. The molecule has 1 heterocycles. The zero-order valence-corrected chi connectivity index (χ0v) is 9.53. The fraction of sp³-hybridized carbons (Fsp3) is 0.231. The molecule has 2 aromatic rings. The monoisotopic (exact) mass is 256 g/mol. The Bertz CT molecular complexity index is 541. The van der Waals surface area contributed by atoms with Crippen LogP contribution in [0.25, 0.3) is 11.3 Å². The summed E-state index contributed by atoms with van der Waals surface area (Å²) in [6.07, 6.45) is -5.29. The second kappa shape index (κ2) is 4.49. The number of aliphatic hydroxyl groups excluding tert-OH is 1. The Balaban J connectivity index is 2.50. The van der Waals surface area contributed by atoms with Crippen molar-refractivity contribution in [3.8, 4) is 11.3 Å². The average Bonchev–Trinajstić information content (AvgIpc) is 2.77. The lowest BCUT2D eigenvalue weighted by molar-refractivity contribution is -0.137. The third-order valence-corrected chi connectivity index (χ3v) is 2.54. The van der Waals surface area contributed by atoms with Gasteiger partial charge in [0.1, 0.15) is 17.6 Å². The van der Waals surface area contributed by atoms with Crippen molar-refractivity contribution >= 4 is 0 Å². The highest BCUT2D eigenvalue weighted by molar-refractivity contribution is 5.63. The molecule has 0 saturated carbocycles. The highest BCUT2D eigenvalue weighted by Gasteiger charge is 2.34. The van der Waals surface area contributed by atoms with E-state index < -0.39 is 17.8 Å². The van der Waals surface area contributed by atoms with Crippen molar-refractivity contribution in [1.82, 2.24) is 0 Å². The van der Waals surface area contributed by atoms with Gasteiger partial charge in [-0.15, -0.1) is 0 Å². The second-order valence-corrected chi connectivity index (χ2v) is 3.92. The molecule has 0 spiro atoms. The molecule has 0 saturated heterocycles. The largest absolute Gasteiger partial charge is 0.458 e. The minimum absolute atomic E-state index is 0.0306. The summed E-state index contributed by atoms with van der Waals surface area (Å²) in [5, 5.41) is 9.30. The van der Waals surface area contributed by atoms with Crippen LogP contribution >= 0.6 is 0 Å². The molecular formula is C13H11F3O2. The van der Waals surface area contributed by atoms with E-state index >= 15 is 0 Å². The van der Waals surface area contributed by atoms with E-state index in [0.717, 1.165) is 6.07 Å². The van der Waals surface area contributed by atoms with Gasteiger partial charge in [-0.1, -0.05) is 18.2 Å². The minimum Gasteiger partial charge on any atom is -0.458 e. The third kappa shape index (κ3) is 2.41. The maximum atomic E-state index is 12.8. The summed E-state index contributed by atoms with van der Waals surface area (Å²) in [5.74, 6) is 0.334. The van der Waals surface area contributed by atoms with Gasteiger partial charge in [0.05, 0.1) is 5.56 Å². The van der Waals surface area contributed by atoms with Crippen molar-refractivity contribution in [3.63, 3.8) is 0 Å². The predicted molar refractivity (Wildman–Crippen MR) is 59.8 cm³/mol. The molecule has 0 bridgehead atoms. The van der Waals surface area contributed by atoms with E-state index in [2.05, 4.69) is 0 Å². The molecule has 0 fully saturated rings. The maximum Gasteiger partial charge on any atom is 0.417 e. The standard InChI is InChI=1S/C13H11F3O2/c1-8(17)11-6-7-12(18-11)9-4-2-3-5-10(9)13(14,15)16/h2-8,17H,1H3. The van der Waals surface area contributed by atoms with E-state index in [1.54, 1.807) is 0 Å². The smallest absolute Gasteiger partial charge is 0.417 e. The van der Waals surface area contributed by atoms with Crippen LogP contribution in [-0.4, -0.2) is 5.11 Å². The van der Waals surface area contributed by atoms with Gasteiger partial charge in [0.25, 0.3) is 0 Å². The van der Waals surface area contributed by atoms with E-state index in [-0.39, 0.29) is 17.1 Å². The van der Waals surface area contributed by atoms with Crippen molar-refractivity contribution < 1.29 is 22.7 Å². The number of alkyl halides is 3. The molecule has 2 rings (SSSR count). The van der Waals surface area contributed by atoms with Crippen molar-refractivity contribution in [2.75, 3.05) is 0 Å². The van der Waals surface area contributed by atoms with Gasteiger partial charge in [0.15, 0.2) is 0 Å². The van der Waals surface area contributed by atoms with Gasteiger partial charge >= 0.3 is 6.18 Å². The summed E-state index contributed by atoms with van der Waals surface area (Å²) in [5.41, 5.74) is -0.784. The van der Waals surface area contributed by atoms with Crippen LogP contribution in [0.2, 0.25) is 0 Å². The number of furan rings is 1. The molecule has 0 amide bonds. The molecule has 1 unspecified atom stereocenters. The Morgan fingerprint density at radius 3 is 2.33 bits per heavy atom. The van der Waals surface area contributed by atoms with Crippen molar-refractivity contribution in [2.45, 2.75) is 19.2 Å². The average molecular weight is 256 g/mol. The van der Waals surface area contributed by atoms with E-state index in [9.17, 15) is 18.3 Å². The molecule has 96 valence electrons. The molecule has 0 aliphatic carbocycles. The number of benzene rings is 1. The Hall–Kier alpha value is -1.75. The lowest BCUT2D eigenvalue weighted by Crippen LogP contribution is -2.06. The summed E-state index contributed by atoms with van der Waals surface area (Å²) < 4.78 is 43.6. The van der Waals surface area contributed by atoms with E-state index in [4.69, 9.17) is 4.42 Å². The number of halogens is 3. The maximum absolute atomic E-state index is 12.8. The van der Waals surface area contributed by atoms with Crippen LogP contribution in [0.1, 0.15) is 24.4 Å². The van der Waals surface area contributed by atoms with Crippen LogP contribution < -0.4 is 0 Å². The van der Waals surface area contributed by atoms with Crippen LogP contribution in [0.3, 0.4) is 0 Å². The van der Waals surface area contributed by atoms with Crippen molar-refractivity contribution in [3.05, 3.63) is 47.7 Å². The van der Waals surface area contributed by atoms with Gasteiger partial charge in [-0.2, -0.15) is 13.2 Å². The molecule has 1 atom stereocenters. The van der Waals surface area contributed by atoms with Crippen LogP contribution in [0.15, 0.2) is 40.8 Å². The van der Waals surface area contributed by atoms with Gasteiger partial charge in [-0.05, 0) is 25.1 Å². The van der Waals surface area contributed by atoms with Gasteiger partial charge in [0, 0.05) is 5.56 Å². The molecule has 0 aliphatic heterocycles. The highest BCUT2D eigenvalue weighted by Crippen LogP contribution is 2.37. The van der Waals surface area contributed by atoms with Gasteiger partial charge in [-0.25, -0.2) is 0 Å². The summed E-state index contributed by atoms with van der Waals surface area (Å²) in [6.45, 7) is 1.48. The molecule has 1 aromatic carbocycles. The SMILES string of the molecule is CC(O)c1ccc(-c2ccccc2C(F)(F)F)o1. The first-order valence-corrected chi connectivity index (χ1v) is 5.34. The molecule has 1 N–H and O–H groups in total. The third-order valence-electron chi connectivity index (χ3n) is 2.54. The molecular weight excluding hydrogens is 245 g/mol. The molecule has 0 radical (unpaired) electrons. The lowest BCUT2D eigenvalue weighted by Gasteiger charge is -2.10. The van der Waals surface area contributed by atoms with Crippen LogP contribution in [0.4, 0.5) is 13.2 Å². The molecule has 1 aromatic heterocycles. The number of hydrogen-bond donors (Lipinski definition) is 1. The van der Waals surface area contributed by atoms with E-state index in [1.165, 1.54) is 37.3 Å². The summed E-state index contributed by atoms with van der Waals surface area (Å²) in [6, 6.07) is 8.06. The van der Waals surface area contributed by atoms with Crippen LogP contribution in [-0.2, 0) is 6.18 Å². The van der Waals surface area contributed by atoms with Crippen molar-refractivity contribution in [2.24, 2.45) is 0 Å². The summed E-state index contributed by atoms with van der Waals surface area (Å²) in [7, 11) is 0. The fourth-order valence-electron chi connectivity index (χ4n) is 1.67. The minimum atomic E-state index is -4.44. The van der Waals surface area contributed by atoms with Crippen molar-refractivity contribution in [1.29, 1.82) is 0 Å². The topological polar surface area (TPSA) is 33.4 Å². The quantitative estimate of drug-likeness (QED) is 0.880. The number of rotatable bonds is 2.